The molecule has 1 aliphatic heterocycles. The summed E-state index contributed by atoms with van der Waals surface area (Å²) in [5.74, 6) is 1.86. The van der Waals surface area contributed by atoms with E-state index in [2.05, 4.69) is 38.0 Å². The Morgan fingerprint density at radius 3 is 2.40 bits per heavy atom. The summed E-state index contributed by atoms with van der Waals surface area (Å²) in [6.07, 6.45) is 11.2. The molecular formula is C18H36N2. The predicted molar refractivity (Wildman–Crippen MR) is 88.1 cm³/mol. The standard InChI is InChI=1S/C18H36N2/c1-5-15-10-9-11-16(14-15)17(19-4)18(3,6-2)20-12-7-8-13-20/h15-17,19H,5-14H2,1-4H3. The van der Waals surface area contributed by atoms with E-state index in [1.807, 2.05) is 0 Å². The molecule has 2 rings (SSSR count). The fourth-order valence-electron chi connectivity index (χ4n) is 4.93. The second-order valence-corrected chi connectivity index (χ2v) is 7.37. The third kappa shape index (κ3) is 3.22. The van der Waals surface area contributed by atoms with E-state index < -0.39 is 0 Å². The summed E-state index contributed by atoms with van der Waals surface area (Å²) in [5, 5.41) is 3.74. The summed E-state index contributed by atoms with van der Waals surface area (Å²) in [6.45, 7) is 9.91. The normalized spacial score (nSPS) is 33.0. The van der Waals surface area contributed by atoms with E-state index in [-0.39, 0.29) is 0 Å². The molecule has 1 saturated carbocycles. The van der Waals surface area contributed by atoms with Gasteiger partial charge in [0.25, 0.3) is 0 Å². The van der Waals surface area contributed by atoms with E-state index >= 15 is 0 Å². The molecule has 1 saturated heterocycles. The Labute approximate surface area is 126 Å². The van der Waals surface area contributed by atoms with Crippen molar-refractivity contribution in [3.8, 4) is 0 Å². The molecule has 4 unspecified atom stereocenters. The van der Waals surface area contributed by atoms with Crippen molar-refractivity contribution in [3.63, 3.8) is 0 Å². The summed E-state index contributed by atoms with van der Waals surface area (Å²) in [7, 11) is 2.20. The van der Waals surface area contributed by atoms with Crippen LogP contribution in [-0.2, 0) is 0 Å². The van der Waals surface area contributed by atoms with Gasteiger partial charge in [-0.3, -0.25) is 4.90 Å². The molecule has 2 nitrogen and oxygen atoms in total. The Hall–Kier alpha value is -0.0800. The number of likely N-dealkylation sites (tertiary alicyclic amines) is 1. The first kappa shape index (κ1) is 16.3. The van der Waals surface area contributed by atoms with E-state index in [9.17, 15) is 0 Å². The first-order chi connectivity index (χ1) is 9.65. The quantitative estimate of drug-likeness (QED) is 0.789. The zero-order chi connectivity index (χ0) is 14.6. The molecule has 0 aromatic heterocycles. The molecule has 0 aromatic carbocycles. The summed E-state index contributed by atoms with van der Waals surface area (Å²) in [5.41, 5.74) is 0.353. The van der Waals surface area contributed by atoms with Crippen LogP contribution in [-0.4, -0.2) is 36.6 Å². The number of rotatable bonds is 6. The lowest BCUT2D eigenvalue weighted by Crippen LogP contribution is -2.61. The van der Waals surface area contributed by atoms with E-state index in [0.717, 1.165) is 11.8 Å². The minimum atomic E-state index is 0.353. The lowest BCUT2D eigenvalue weighted by atomic mass is 9.70. The summed E-state index contributed by atoms with van der Waals surface area (Å²) >= 11 is 0. The highest BCUT2D eigenvalue weighted by Crippen LogP contribution is 2.39. The molecular weight excluding hydrogens is 244 g/mol. The molecule has 0 bridgehead atoms. The number of hydrogen-bond acceptors (Lipinski definition) is 2. The maximum atomic E-state index is 3.74. The molecule has 1 N–H and O–H groups in total. The average Bonchev–Trinajstić information content (AvgIpc) is 3.02. The van der Waals surface area contributed by atoms with Gasteiger partial charge in [0.05, 0.1) is 0 Å². The van der Waals surface area contributed by atoms with Gasteiger partial charge < -0.3 is 5.32 Å². The monoisotopic (exact) mass is 280 g/mol. The van der Waals surface area contributed by atoms with Crippen LogP contribution in [0.4, 0.5) is 0 Å². The van der Waals surface area contributed by atoms with Gasteiger partial charge in [-0.1, -0.05) is 33.1 Å². The van der Waals surface area contributed by atoms with Crippen molar-refractivity contribution in [3.05, 3.63) is 0 Å². The van der Waals surface area contributed by atoms with Crippen LogP contribution in [0.2, 0.25) is 0 Å². The van der Waals surface area contributed by atoms with Gasteiger partial charge >= 0.3 is 0 Å². The van der Waals surface area contributed by atoms with Crippen molar-refractivity contribution in [2.75, 3.05) is 20.1 Å². The SMILES string of the molecule is CCC1CCCC(C(NC)C(C)(CC)N2CCCC2)C1. The lowest BCUT2D eigenvalue weighted by Gasteiger charge is -2.49. The van der Waals surface area contributed by atoms with Gasteiger partial charge in [-0.2, -0.15) is 0 Å². The molecule has 0 amide bonds. The van der Waals surface area contributed by atoms with Crippen LogP contribution in [0.1, 0.15) is 72.1 Å². The van der Waals surface area contributed by atoms with Gasteiger partial charge in [0.1, 0.15) is 0 Å². The Kier molecular flexibility index (Phi) is 5.92. The summed E-state index contributed by atoms with van der Waals surface area (Å²) in [4.78, 5) is 2.78. The molecule has 2 heteroatoms. The Bertz CT molecular complexity index is 285. The maximum absolute atomic E-state index is 3.74. The van der Waals surface area contributed by atoms with Crippen LogP contribution < -0.4 is 5.32 Å². The minimum absolute atomic E-state index is 0.353. The van der Waals surface area contributed by atoms with Crippen LogP contribution >= 0.6 is 0 Å². The third-order valence-corrected chi connectivity index (χ3v) is 6.40. The second-order valence-electron chi connectivity index (χ2n) is 7.37. The highest BCUT2D eigenvalue weighted by atomic mass is 15.2. The lowest BCUT2D eigenvalue weighted by molar-refractivity contribution is 0.0430. The highest BCUT2D eigenvalue weighted by Gasteiger charge is 2.43. The smallest absolute Gasteiger partial charge is 0.0334 e. The van der Waals surface area contributed by atoms with Crippen molar-refractivity contribution in [2.24, 2.45) is 11.8 Å². The summed E-state index contributed by atoms with van der Waals surface area (Å²) in [6, 6.07) is 0.667. The Morgan fingerprint density at radius 2 is 1.85 bits per heavy atom. The maximum Gasteiger partial charge on any atom is 0.0334 e. The van der Waals surface area contributed by atoms with E-state index in [0.29, 0.717) is 11.6 Å². The first-order valence-corrected chi connectivity index (χ1v) is 9.08. The zero-order valence-corrected chi connectivity index (χ0v) is 14.3. The third-order valence-electron chi connectivity index (χ3n) is 6.40. The van der Waals surface area contributed by atoms with Gasteiger partial charge in [-0.15, -0.1) is 0 Å². The molecule has 2 fully saturated rings. The number of nitrogens with zero attached hydrogens (tertiary/aromatic N) is 1. The van der Waals surface area contributed by atoms with E-state index in [1.54, 1.807) is 0 Å². The van der Waals surface area contributed by atoms with Crippen LogP contribution in [0.5, 0.6) is 0 Å². The summed E-state index contributed by atoms with van der Waals surface area (Å²) < 4.78 is 0. The van der Waals surface area contributed by atoms with Gasteiger partial charge in [-0.05, 0) is 71.0 Å². The Balaban J connectivity index is 2.11. The topological polar surface area (TPSA) is 15.3 Å². The van der Waals surface area contributed by atoms with Crippen LogP contribution in [0.15, 0.2) is 0 Å². The first-order valence-electron chi connectivity index (χ1n) is 9.08. The largest absolute Gasteiger partial charge is 0.315 e. The molecule has 0 spiro atoms. The van der Waals surface area contributed by atoms with Gasteiger partial charge in [0.15, 0.2) is 0 Å². The van der Waals surface area contributed by atoms with E-state index in [4.69, 9.17) is 0 Å². The van der Waals surface area contributed by atoms with E-state index in [1.165, 1.54) is 64.5 Å². The fraction of sp³-hybridized carbons (Fsp3) is 1.00. The highest BCUT2D eigenvalue weighted by molar-refractivity contribution is 5.01. The molecule has 1 heterocycles. The molecule has 0 aromatic rings. The minimum Gasteiger partial charge on any atom is -0.315 e. The Morgan fingerprint density at radius 1 is 1.15 bits per heavy atom. The van der Waals surface area contributed by atoms with Crippen molar-refractivity contribution in [1.82, 2.24) is 10.2 Å². The number of hydrogen-bond donors (Lipinski definition) is 1. The number of likely N-dealkylation sites (N-methyl/N-ethyl adjacent to an activating group) is 1. The van der Waals surface area contributed by atoms with Crippen molar-refractivity contribution < 1.29 is 0 Å². The van der Waals surface area contributed by atoms with Crippen LogP contribution in [0.3, 0.4) is 0 Å². The van der Waals surface area contributed by atoms with Crippen molar-refractivity contribution >= 4 is 0 Å². The second kappa shape index (κ2) is 7.26. The molecule has 118 valence electrons. The average molecular weight is 280 g/mol. The molecule has 4 atom stereocenters. The number of nitrogens with one attached hydrogen (secondary N) is 1. The van der Waals surface area contributed by atoms with Gasteiger partial charge in [0, 0.05) is 11.6 Å². The predicted octanol–water partition coefficient (Wildman–Crippen LogP) is 4.06. The molecule has 2 aliphatic rings. The fourth-order valence-corrected chi connectivity index (χ4v) is 4.93. The van der Waals surface area contributed by atoms with Gasteiger partial charge in [-0.25, -0.2) is 0 Å². The molecule has 20 heavy (non-hydrogen) atoms. The van der Waals surface area contributed by atoms with Crippen LogP contribution in [0.25, 0.3) is 0 Å². The van der Waals surface area contributed by atoms with Gasteiger partial charge in [0.2, 0.25) is 0 Å². The molecule has 1 aliphatic carbocycles. The zero-order valence-electron chi connectivity index (χ0n) is 14.3. The van der Waals surface area contributed by atoms with Crippen molar-refractivity contribution in [1.29, 1.82) is 0 Å². The van der Waals surface area contributed by atoms with Crippen LogP contribution in [0, 0.1) is 11.8 Å². The van der Waals surface area contributed by atoms with Crippen molar-refractivity contribution in [2.45, 2.75) is 83.7 Å². The molecule has 0 radical (unpaired) electrons.